The van der Waals surface area contributed by atoms with Gasteiger partial charge in [-0.3, -0.25) is 14.4 Å². The van der Waals surface area contributed by atoms with Crippen molar-refractivity contribution in [2.75, 3.05) is 19.7 Å². The van der Waals surface area contributed by atoms with Crippen molar-refractivity contribution in [3.8, 4) is 0 Å². The number of aromatic nitrogens is 3. The van der Waals surface area contributed by atoms with Crippen molar-refractivity contribution in [3.05, 3.63) is 11.9 Å². The van der Waals surface area contributed by atoms with E-state index in [1.807, 2.05) is 20.8 Å². The van der Waals surface area contributed by atoms with Crippen LogP contribution >= 0.6 is 0 Å². The van der Waals surface area contributed by atoms with Crippen LogP contribution in [0.15, 0.2) is 6.20 Å². The van der Waals surface area contributed by atoms with Crippen molar-refractivity contribution in [1.82, 2.24) is 36.3 Å². The van der Waals surface area contributed by atoms with E-state index >= 15 is 0 Å². The number of carbonyl (C=O) groups is 4. The largest absolute Gasteiger partial charge is 0.396 e. The SMILES string of the molecule is CCNC(CCC(=O)NCc1cn(C(C)(C)CCO)nn1)C(=O)NC(CCCNC(N)=O)C(C)=O. The summed E-state index contributed by atoms with van der Waals surface area (Å²) in [6.45, 7) is 8.14. The molecule has 7 N–H and O–H groups in total. The van der Waals surface area contributed by atoms with Crippen LogP contribution in [0.1, 0.15) is 65.5 Å². The van der Waals surface area contributed by atoms with Crippen molar-refractivity contribution < 1.29 is 24.3 Å². The number of nitrogens with one attached hydrogen (secondary N) is 4. The number of hydrogen-bond donors (Lipinski definition) is 6. The highest BCUT2D eigenvalue weighted by Crippen LogP contribution is 2.17. The molecule has 0 radical (unpaired) electrons. The summed E-state index contributed by atoms with van der Waals surface area (Å²) < 4.78 is 1.66. The molecule has 1 aromatic heterocycles. The summed E-state index contributed by atoms with van der Waals surface area (Å²) in [5.74, 6) is -0.803. The average Bonchev–Trinajstić information content (AvgIpc) is 3.27. The van der Waals surface area contributed by atoms with Gasteiger partial charge >= 0.3 is 6.03 Å². The first-order valence-electron chi connectivity index (χ1n) is 11.9. The summed E-state index contributed by atoms with van der Waals surface area (Å²) in [6, 6.07) is -1.98. The zero-order valence-electron chi connectivity index (χ0n) is 21.1. The van der Waals surface area contributed by atoms with Gasteiger partial charge in [0.15, 0.2) is 5.78 Å². The molecule has 2 unspecified atom stereocenters. The van der Waals surface area contributed by atoms with Gasteiger partial charge in [0.2, 0.25) is 11.8 Å². The van der Waals surface area contributed by atoms with Gasteiger partial charge in [-0.1, -0.05) is 12.1 Å². The topological polar surface area (TPSA) is 193 Å². The number of Topliss-reactive ketones (excluding diaryl/α,β-unsaturated/α-hetero) is 1. The zero-order chi connectivity index (χ0) is 26.4. The number of nitrogens with zero attached hydrogens (tertiary/aromatic N) is 3. The van der Waals surface area contributed by atoms with E-state index in [-0.39, 0.29) is 43.6 Å². The molecular weight excluding hydrogens is 456 g/mol. The normalized spacial score (nSPS) is 13.1. The number of hydrogen-bond acceptors (Lipinski definition) is 8. The lowest BCUT2D eigenvalue weighted by Crippen LogP contribution is -2.50. The first-order chi connectivity index (χ1) is 16.5. The number of urea groups is 1. The molecule has 4 amide bonds. The lowest BCUT2D eigenvalue weighted by molar-refractivity contribution is -0.129. The fourth-order valence-electron chi connectivity index (χ4n) is 3.36. The summed E-state index contributed by atoms with van der Waals surface area (Å²) in [4.78, 5) is 47.8. The van der Waals surface area contributed by atoms with E-state index in [2.05, 4.69) is 31.6 Å². The molecule has 1 heterocycles. The number of primary amides is 1. The molecule has 35 heavy (non-hydrogen) atoms. The van der Waals surface area contributed by atoms with Gasteiger partial charge in [0.1, 0.15) is 5.69 Å². The van der Waals surface area contributed by atoms with Crippen molar-refractivity contribution in [2.45, 2.75) is 84.0 Å². The minimum atomic E-state index is -0.690. The highest BCUT2D eigenvalue weighted by molar-refractivity contribution is 5.90. The third-order valence-corrected chi connectivity index (χ3v) is 5.55. The predicted molar refractivity (Wildman–Crippen MR) is 129 cm³/mol. The summed E-state index contributed by atoms with van der Waals surface area (Å²) >= 11 is 0. The summed E-state index contributed by atoms with van der Waals surface area (Å²) in [5, 5.41) is 28.3. The Morgan fingerprint density at radius 1 is 1.17 bits per heavy atom. The van der Waals surface area contributed by atoms with E-state index in [1.54, 1.807) is 10.9 Å². The van der Waals surface area contributed by atoms with E-state index in [9.17, 15) is 24.3 Å². The Morgan fingerprint density at radius 2 is 1.89 bits per heavy atom. The standard InChI is InChI=1S/C22H40N8O5/c1-5-24-18(20(34)27-17(15(2)32)7-6-11-25-21(23)35)8-9-19(33)26-13-16-14-30(29-28-16)22(3,4)10-12-31/h14,17-18,24,31H,5-13H2,1-4H3,(H,26,33)(H,27,34)(H3,23,25,35). The van der Waals surface area contributed by atoms with E-state index in [4.69, 9.17) is 5.73 Å². The number of nitrogens with two attached hydrogens (primary N) is 1. The molecule has 0 fully saturated rings. The Hall–Kier alpha value is -3.06. The molecular formula is C22H40N8O5. The minimum Gasteiger partial charge on any atom is -0.396 e. The zero-order valence-corrected chi connectivity index (χ0v) is 21.1. The quantitative estimate of drug-likeness (QED) is 0.152. The number of ketones is 1. The fourth-order valence-corrected chi connectivity index (χ4v) is 3.36. The number of amides is 4. The van der Waals surface area contributed by atoms with Crippen molar-refractivity contribution >= 4 is 23.6 Å². The number of likely N-dealkylation sites (N-methyl/N-ethyl adjacent to an activating group) is 1. The van der Waals surface area contributed by atoms with Crippen molar-refractivity contribution in [2.24, 2.45) is 5.73 Å². The summed E-state index contributed by atoms with van der Waals surface area (Å²) in [6.07, 6.45) is 3.43. The van der Waals surface area contributed by atoms with Gasteiger partial charge in [0.25, 0.3) is 0 Å². The minimum absolute atomic E-state index is 0.0269. The van der Waals surface area contributed by atoms with Crippen LogP contribution in [0.5, 0.6) is 0 Å². The van der Waals surface area contributed by atoms with Gasteiger partial charge in [-0.15, -0.1) is 5.10 Å². The highest BCUT2D eigenvalue weighted by atomic mass is 16.3. The Bertz CT molecular complexity index is 842. The van der Waals surface area contributed by atoms with Crippen LogP contribution in [0.2, 0.25) is 0 Å². The van der Waals surface area contributed by atoms with E-state index in [1.165, 1.54) is 6.92 Å². The highest BCUT2D eigenvalue weighted by Gasteiger charge is 2.24. The Kier molecular flexibility index (Phi) is 12.9. The summed E-state index contributed by atoms with van der Waals surface area (Å²) in [7, 11) is 0. The average molecular weight is 497 g/mol. The first kappa shape index (κ1) is 30.0. The molecule has 1 rings (SSSR count). The molecule has 0 aromatic carbocycles. The number of aliphatic hydroxyl groups is 1. The Labute approximate surface area is 206 Å². The number of carbonyl (C=O) groups excluding carboxylic acids is 4. The fraction of sp³-hybridized carbons (Fsp3) is 0.727. The molecule has 0 saturated heterocycles. The molecule has 13 heteroatoms. The molecule has 2 atom stereocenters. The van der Waals surface area contributed by atoms with Gasteiger partial charge in [-0.05, 0) is 53.0 Å². The predicted octanol–water partition coefficient (Wildman–Crippen LogP) is -0.708. The molecule has 0 aliphatic carbocycles. The second-order valence-corrected chi connectivity index (χ2v) is 8.97. The second-order valence-electron chi connectivity index (χ2n) is 8.97. The van der Waals surface area contributed by atoms with Crippen LogP contribution in [0, 0.1) is 0 Å². The van der Waals surface area contributed by atoms with Crippen molar-refractivity contribution in [1.29, 1.82) is 0 Å². The van der Waals surface area contributed by atoms with E-state index < -0.39 is 23.7 Å². The first-order valence-corrected chi connectivity index (χ1v) is 11.9. The molecule has 0 bridgehead atoms. The van der Waals surface area contributed by atoms with Gasteiger partial charge in [-0.2, -0.15) is 0 Å². The van der Waals surface area contributed by atoms with Crippen molar-refractivity contribution in [3.63, 3.8) is 0 Å². The van der Waals surface area contributed by atoms with Crippen LogP contribution in [-0.2, 0) is 26.5 Å². The van der Waals surface area contributed by atoms with E-state index in [0.717, 1.165) is 0 Å². The van der Waals surface area contributed by atoms with Crippen LogP contribution < -0.4 is 27.0 Å². The monoisotopic (exact) mass is 496 g/mol. The van der Waals surface area contributed by atoms with E-state index in [0.29, 0.717) is 38.0 Å². The lowest BCUT2D eigenvalue weighted by Gasteiger charge is -2.23. The Morgan fingerprint density at radius 3 is 2.49 bits per heavy atom. The molecule has 13 nitrogen and oxygen atoms in total. The third kappa shape index (κ3) is 11.3. The third-order valence-electron chi connectivity index (χ3n) is 5.55. The Balaban J connectivity index is 2.55. The molecule has 0 aliphatic heterocycles. The smallest absolute Gasteiger partial charge is 0.312 e. The van der Waals surface area contributed by atoms with Gasteiger partial charge in [0.05, 0.1) is 30.4 Å². The number of aliphatic hydroxyl groups excluding tert-OH is 1. The summed E-state index contributed by atoms with van der Waals surface area (Å²) in [5.41, 5.74) is 5.21. The molecule has 0 aliphatic rings. The molecule has 0 saturated carbocycles. The maximum absolute atomic E-state index is 12.7. The number of rotatable bonds is 17. The van der Waals surface area contributed by atoms with Crippen LogP contribution in [-0.4, -0.2) is 75.5 Å². The van der Waals surface area contributed by atoms with Crippen LogP contribution in [0.4, 0.5) is 4.79 Å². The maximum atomic E-state index is 12.7. The second kappa shape index (κ2) is 15.0. The van der Waals surface area contributed by atoms with Gasteiger partial charge in [0, 0.05) is 19.6 Å². The molecule has 1 aromatic rings. The van der Waals surface area contributed by atoms with Crippen LogP contribution in [0.25, 0.3) is 0 Å². The van der Waals surface area contributed by atoms with Gasteiger partial charge in [-0.25, -0.2) is 9.48 Å². The molecule has 0 spiro atoms. The van der Waals surface area contributed by atoms with Gasteiger partial charge < -0.3 is 32.1 Å². The van der Waals surface area contributed by atoms with Crippen LogP contribution in [0.3, 0.4) is 0 Å². The molecule has 198 valence electrons. The lowest BCUT2D eigenvalue weighted by atomic mass is 10.0. The maximum Gasteiger partial charge on any atom is 0.312 e.